The van der Waals surface area contributed by atoms with Gasteiger partial charge in [-0.3, -0.25) is 0 Å². The van der Waals surface area contributed by atoms with Crippen molar-refractivity contribution in [1.29, 1.82) is 0 Å². The highest BCUT2D eigenvalue weighted by Gasteiger charge is 2.52. The molecule has 1 N–H and O–H groups in total. The van der Waals surface area contributed by atoms with E-state index in [4.69, 9.17) is 4.43 Å². The minimum atomic E-state index is -2.05. The van der Waals surface area contributed by atoms with Gasteiger partial charge in [0.25, 0.3) is 0 Å². The van der Waals surface area contributed by atoms with Crippen molar-refractivity contribution < 1.29 is 14.3 Å². The van der Waals surface area contributed by atoms with Gasteiger partial charge in [-0.05, 0) is 43.3 Å². The van der Waals surface area contributed by atoms with E-state index in [9.17, 15) is 9.90 Å². The molecule has 2 unspecified atom stereocenters. The first-order chi connectivity index (χ1) is 8.03. The van der Waals surface area contributed by atoms with E-state index < -0.39 is 19.9 Å². The van der Waals surface area contributed by atoms with Crippen LogP contribution in [0, 0.1) is 5.92 Å². The SMILES string of the molecule is CC1CCCCC1(O[Si](C)(C)C(C)(C)C)C(=O)O. The van der Waals surface area contributed by atoms with Gasteiger partial charge in [-0.25, -0.2) is 4.79 Å². The lowest BCUT2D eigenvalue weighted by Gasteiger charge is -2.47. The summed E-state index contributed by atoms with van der Waals surface area (Å²) in [5, 5.41) is 9.73. The molecule has 1 aliphatic carbocycles. The van der Waals surface area contributed by atoms with E-state index in [-0.39, 0.29) is 11.0 Å². The molecule has 1 saturated carbocycles. The lowest BCUT2D eigenvalue weighted by atomic mass is 9.76. The van der Waals surface area contributed by atoms with Crippen LogP contribution in [0.5, 0.6) is 0 Å². The highest BCUT2D eigenvalue weighted by molar-refractivity contribution is 6.74. The maximum atomic E-state index is 11.8. The van der Waals surface area contributed by atoms with Crippen molar-refractivity contribution in [2.75, 3.05) is 0 Å². The van der Waals surface area contributed by atoms with E-state index >= 15 is 0 Å². The van der Waals surface area contributed by atoms with Crippen LogP contribution in [0.2, 0.25) is 18.1 Å². The molecular formula is C14H28O3Si. The highest BCUT2D eigenvalue weighted by atomic mass is 28.4. The first-order valence-electron chi connectivity index (χ1n) is 6.96. The molecule has 106 valence electrons. The second-order valence-corrected chi connectivity index (χ2v) is 11.9. The smallest absolute Gasteiger partial charge is 0.335 e. The molecule has 0 aromatic heterocycles. The summed E-state index contributed by atoms with van der Waals surface area (Å²) in [6.07, 6.45) is 3.71. The van der Waals surface area contributed by atoms with E-state index in [2.05, 4.69) is 33.9 Å². The fourth-order valence-corrected chi connectivity index (χ4v) is 4.05. The van der Waals surface area contributed by atoms with Gasteiger partial charge < -0.3 is 9.53 Å². The maximum absolute atomic E-state index is 11.8. The van der Waals surface area contributed by atoms with Crippen molar-refractivity contribution in [3.8, 4) is 0 Å². The Balaban J connectivity index is 3.04. The van der Waals surface area contributed by atoms with Crippen molar-refractivity contribution in [1.82, 2.24) is 0 Å². The maximum Gasteiger partial charge on any atom is 0.335 e. The fourth-order valence-electron chi connectivity index (χ4n) is 2.44. The first-order valence-corrected chi connectivity index (χ1v) is 9.87. The molecule has 1 rings (SSSR count). The molecule has 3 nitrogen and oxygen atoms in total. The van der Waals surface area contributed by atoms with Crippen molar-refractivity contribution in [2.45, 2.75) is 77.1 Å². The summed E-state index contributed by atoms with van der Waals surface area (Å²) >= 11 is 0. The Bertz CT molecular complexity index is 319. The van der Waals surface area contributed by atoms with Crippen LogP contribution >= 0.6 is 0 Å². The highest BCUT2D eigenvalue weighted by Crippen LogP contribution is 2.45. The standard InChI is InChI=1S/C14H28O3Si/c1-11-9-7-8-10-14(11,12(15)16)17-18(5,6)13(2,3)4/h11H,7-10H2,1-6H3,(H,15,16). The summed E-state index contributed by atoms with van der Waals surface area (Å²) in [4.78, 5) is 11.8. The molecule has 4 heteroatoms. The fraction of sp³-hybridized carbons (Fsp3) is 0.929. The summed E-state index contributed by atoms with van der Waals surface area (Å²) in [5.41, 5.74) is -0.943. The third kappa shape index (κ3) is 2.80. The molecule has 0 aromatic carbocycles. The minimum absolute atomic E-state index is 0.0482. The summed E-state index contributed by atoms with van der Waals surface area (Å²) in [7, 11) is -2.05. The van der Waals surface area contributed by atoms with Crippen molar-refractivity contribution in [3.05, 3.63) is 0 Å². The number of carbonyl (C=O) groups is 1. The van der Waals surface area contributed by atoms with E-state index in [1.165, 1.54) is 0 Å². The van der Waals surface area contributed by atoms with Gasteiger partial charge >= 0.3 is 5.97 Å². The van der Waals surface area contributed by atoms with Crippen LogP contribution in [0.3, 0.4) is 0 Å². The predicted molar refractivity (Wildman–Crippen MR) is 76.3 cm³/mol. The van der Waals surface area contributed by atoms with Crippen LogP contribution in [0.1, 0.15) is 53.4 Å². The third-order valence-corrected chi connectivity index (χ3v) is 9.32. The van der Waals surface area contributed by atoms with Crippen LogP contribution in [0.25, 0.3) is 0 Å². The monoisotopic (exact) mass is 272 g/mol. The Morgan fingerprint density at radius 1 is 1.33 bits per heavy atom. The predicted octanol–water partition coefficient (Wildman–Crippen LogP) is 4.04. The van der Waals surface area contributed by atoms with E-state index in [0.717, 1.165) is 19.3 Å². The van der Waals surface area contributed by atoms with Crippen molar-refractivity contribution in [3.63, 3.8) is 0 Å². The zero-order chi connectivity index (χ0) is 14.2. The van der Waals surface area contributed by atoms with Gasteiger partial charge in [0, 0.05) is 0 Å². The Morgan fingerprint density at radius 2 is 1.89 bits per heavy atom. The molecule has 1 aliphatic rings. The molecule has 0 spiro atoms. The summed E-state index contributed by atoms with van der Waals surface area (Å²) in [5.74, 6) is -0.655. The van der Waals surface area contributed by atoms with Crippen molar-refractivity contribution >= 4 is 14.3 Å². The topological polar surface area (TPSA) is 46.5 Å². The number of hydrogen-bond donors (Lipinski definition) is 1. The van der Waals surface area contributed by atoms with Gasteiger partial charge in [0.2, 0.25) is 0 Å². The van der Waals surface area contributed by atoms with Crippen LogP contribution < -0.4 is 0 Å². The molecule has 18 heavy (non-hydrogen) atoms. The molecule has 0 radical (unpaired) electrons. The third-order valence-electron chi connectivity index (χ3n) is 4.84. The largest absolute Gasteiger partial charge is 0.479 e. The van der Waals surface area contributed by atoms with E-state index in [1.807, 2.05) is 6.92 Å². The minimum Gasteiger partial charge on any atom is -0.479 e. The lowest BCUT2D eigenvalue weighted by Crippen LogP contribution is -2.57. The molecule has 0 saturated heterocycles. The van der Waals surface area contributed by atoms with Gasteiger partial charge in [0.05, 0.1) is 0 Å². The van der Waals surface area contributed by atoms with Crippen LogP contribution in [-0.4, -0.2) is 25.0 Å². The van der Waals surface area contributed by atoms with E-state index in [1.54, 1.807) is 0 Å². The summed E-state index contributed by atoms with van der Waals surface area (Å²) < 4.78 is 6.34. The zero-order valence-corrected chi connectivity index (χ0v) is 13.7. The van der Waals surface area contributed by atoms with Crippen LogP contribution in [0.4, 0.5) is 0 Å². The Hall–Kier alpha value is -0.353. The molecule has 0 amide bonds. The number of aliphatic carboxylic acids is 1. The molecule has 0 heterocycles. The number of hydrogen-bond acceptors (Lipinski definition) is 2. The number of carboxylic acids is 1. The Kier molecular flexibility index (Phi) is 4.33. The van der Waals surface area contributed by atoms with Crippen LogP contribution in [-0.2, 0) is 9.22 Å². The number of rotatable bonds is 3. The Morgan fingerprint density at radius 3 is 2.28 bits per heavy atom. The average Bonchev–Trinajstić information content (AvgIpc) is 2.19. The normalized spacial score (nSPS) is 30.2. The van der Waals surface area contributed by atoms with Crippen LogP contribution in [0.15, 0.2) is 0 Å². The second kappa shape index (κ2) is 4.97. The Labute approximate surface area is 112 Å². The lowest BCUT2D eigenvalue weighted by molar-refractivity contribution is -0.165. The summed E-state index contributed by atoms with van der Waals surface area (Å²) in [6, 6.07) is 0. The van der Waals surface area contributed by atoms with Gasteiger partial charge in [0.1, 0.15) is 0 Å². The average molecular weight is 272 g/mol. The van der Waals surface area contributed by atoms with Gasteiger partial charge in [0.15, 0.2) is 13.9 Å². The quantitative estimate of drug-likeness (QED) is 0.789. The molecule has 0 bridgehead atoms. The van der Waals surface area contributed by atoms with Gasteiger partial charge in [-0.15, -0.1) is 0 Å². The molecule has 2 atom stereocenters. The zero-order valence-electron chi connectivity index (χ0n) is 12.7. The molecule has 0 aliphatic heterocycles. The van der Waals surface area contributed by atoms with Gasteiger partial charge in [-0.2, -0.15) is 0 Å². The van der Waals surface area contributed by atoms with Crippen molar-refractivity contribution in [2.24, 2.45) is 5.92 Å². The van der Waals surface area contributed by atoms with Gasteiger partial charge in [-0.1, -0.05) is 34.1 Å². The van der Waals surface area contributed by atoms with E-state index in [0.29, 0.717) is 6.42 Å². The molecule has 1 fully saturated rings. The second-order valence-electron chi connectivity index (χ2n) is 7.20. The molecular weight excluding hydrogens is 244 g/mol. The summed E-state index contributed by atoms with van der Waals surface area (Å²) in [6.45, 7) is 12.8. The molecule has 0 aromatic rings. The number of carboxylic acid groups (broad SMARTS) is 1. The first kappa shape index (κ1) is 15.7.